The third-order valence-corrected chi connectivity index (χ3v) is 5.12. The van der Waals surface area contributed by atoms with Crippen LogP contribution >= 0.6 is 0 Å². The van der Waals surface area contributed by atoms with E-state index in [0.717, 1.165) is 0 Å². The Labute approximate surface area is 163 Å². The smallest absolute Gasteiger partial charge is 0.270 e. The fourth-order valence-electron chi connectivity index (χ4n) is 2.30. The first-order valence-corrected chi connectivity index (χ1v) is 9.82. The maximum atomic E-state index is 12.4. The van der Waals surface area contributed by atoms with Crippen LogP contribution in [0.2, 0.25) is 0 Å². The third kappa shape index (κ3) is 6.29. The van der Waals surface area contributed by atoms with Crippen molar-refractivity contribution in [1.29, 1.82) is 0 Å². The minimum atomic E-state index is -3.73. The first-order valence-electron chi connectivity index (χ1n) is 8.34. The summed E-state index contributed by atoms with van der Waals surface area (Å²) in [6.45, 7) is 5.19. The van der Waals surface area contributed by atoms with E-state index in [-0.39, 0.29) is 10.6 Å². The van der Waals surface area contributed by atoms with Gasteiger partial charge in [-0.1, -0.05) is 18.2 Å². The van der Waals surface area contributed by atoms with Crippen molar-refractivity contribution in [2.75, 3.05) is 5.32 Å². The van der Waals surface area contributed by atoms with Gasteiger partial charge in [0.1, 0.15) is 0 Å². The quantitative estimate of drug-likeness (QED) is 0.436. The molecule has 9 heteroatoms. The summed E-state index contributed by atoms with van der Waals surface area (Å²) >= 11 is 0. The molecule has 2 N–H and O–H groups in total. The van der Waals surface area contributed by atoms with Crippen LogP contribution in [0.4, 0.5) is 11.4 Å². The number of nitrogens with zero attached hydrogens (tertiary/aromatic N) is 1. The van der Waals surface area contributed by atoms with Gasteiger partial charge in [0.05, 0.1) is 9.82 Å². The third-order valence-electron chi connectivity index (χ3n) is 3.36. The Bertz CT molecular complexity index is 1020. The van der Waals surface area contributed by atoms with Crippen molar-refractivity contribution in [3.05, 3.63) is 70.3 Å². The minimum Gasteiger partial charge on any atom is -0.322 e. The second-order valence-electron chi connectivity index (χ2n) is 7.06. The van der Waals surface area contributed by atoms with Gasteiger partial charge in [-0.2, -0.15) is 0 Å². The number of nitro benzene ring substituents is 1. The monoisotopic (exact) mass is 403 g/mol. The Hall–Kier alpha value is -3.04. The lowest BCUT2D eigenvalue weighted by Crippen LogP contribution is -2.40. The number of carbonyl (C=O) groups is 1. The van der Waals surface area contributed by atoms with E-state index in [2.05, 4.69) is 10.0 Å². The molecule has 0 unspecified atom stereocenters. The number of nitro groups is 1. The first-order chi connectivity index (χ1) is 13.0. The van der Waals surface area contributed by atoms with Gasteiger partial charge in [-0.15, -0.1) is 0 Å². The Kier molecular flexibility index (Phi) is 6.32. The zero-order chi connectivity index (χ0) is 20.9. The molecule has 0 bridgehead atoms. The number of hydrogen-bond donors (Lipinski definition) is 2. The van der Waals surface area contributed by atoms with E-state index in [9.17, 15) is 23.3 Å². The van der Waals surface area contributed by atoms with Crippen LogP contribution in [-0.2, 0) is 14.8 Å². The molecule has 0 aliphatic heterocycles. The van der Waals surface area contributed by atoms with Crippen LogP contribution in [0.25, 0.3) is 6.08 Å². The summed E-state index contributed by atoms with van der Waals surface area (Å²) in [6.07, 6.45) is 2.65. The summed E-state index contributed by atoms with van der Waals surface area (Å²) in [5.41, 5.74) is 0.0893. The highest BCUT2D eigenvalue weighted by molar-refractivity contribution is 7.89. The van der Waals surface area contributed by atoms with Crippen molar-refractivity contribution in [2.24, 2.45) is 0 Å². The topological polar surface area (TPSA) is 118 Å². The zero-order valence-electron chi connectivity index (χ0n) is 15.7. The second kappa shape index (κ2) is 8.32. The highest BCUT2D eigenvalue weighted by atomic mass is 32.2. The highest BCUT2D eigenvalue weighted by Gasteiger charge is 2.22. The fraction of sp³-hybridized carbons (Fsp3) is 0.211. The van der Waals surface area contributed by atoms with Gasteiger partial charge in [0.2, 0.25) is 15.9 Å². The van der Waals surface area contributed by atoms with E-state index < -0.39 is 26.4 Å². The Morgan fingerprint density at radius 1 is 1.11 bits per heavy atom. The lowest BCUT2D eigenvalue weighted by molar-refractivity contribution is -0.384. The Morgan fingerprint density at radius 3 is 2.43 bits per heavy atom. The first kappa shape index (κ1) is 21.3. The number of anilines is 1. The van der Waals surface area contributed by atoms with E-state index in [0.29, 0.717) is 11.3 Å². The Balaban J connectivity index is 2.13. The molecule has 0 aliphatic carbocycles. The average molecular weight is 403 g/mol. The van der Waals surface area contributed by atoms with Gasteiger partial charge in [-0.25, -0.2) is 13.1 Å². The minimum absolute atomic E-state index is 0.0305. The van der Waals surface area contributed by atoms with Gasteiger partial charge in [-0.05, 0) is 50.6 Å². The van der Waals surface area contributed by atoms with Crippen LogP contribution in [0.3, 0.4) is 0 Å². The molecular weight excluding hydrogens is 382 g/mol. The summed E-state index contributed by atoms with van der Waals surface area (Å²) in [5, 5.41) is 13.4. The number of non-ortho nitro benzene ring substituents is 1. The van der Waals surface area contributed by atoms with E-state index in [4.69, 9.17) is 0 Å². The Morgan fingerprint density at radius 2 is 1.79 bits per heavy atom. The second-order valence-corrected chi connectivity index (χ2v) is 8.74. The number of carbonyl (C=O) groups excluding carboxylic acids is 1. The zero-order valence-corrected chi connectivity index (χ0v) is 16.5. The van der Waals surface area contributed by atoms with Crippen LogP contribution < -0.4 is 10.0 Å². The molecule has 0 radical (unpaired) electrons. The van der Waals surface area contributed by atoms with Crippen molar-refractivity contribution >= 4 is 33.4 Å². The molecule has 0 aromatic heterocycles. The van der Waals surface area contributed by atoms with Gasteiger partial charge < -0.3 is 5.32 Å². The summed E-state index contributed by atoms with van der Waals surface area (Å²) in [4.78, 5) is 22.4. The van der Waals surface area contributed by atoms with Crippen LogP contribution in [0.15, 0.2) is 59.5 Å². The number of rotatable bonds is 6. The van der Waals surface area contributed by atoms with Crippen molar-refractivity contribution < 1.29 is 18.1 Å². The van der Waals surface area contributed by atoms with Crippen molar-refractivity contribution in [2.45, 2.75) is 31.2 Å². The maximum Gasteiger partial charge on any atom is 0.270 e. The van der Waals surface area contributed by atoms with E-state index in [1.165, 1.54) is 48.6 Å². The molecule has 28 heavy (non-hydrogen) atoms. The summed E-state index contributed by atoms with van der Waals surface area (Å²) in [5.74, 6) is -0.496. The predicted octanol–water partition coefficient (Wildman–Crippen LogP) is 3.32. The van der Waals surface area contributed by atoms with Gasteiger partial charge in [0.25, 0.3) is 5.69 Å². The standard InChI is InChI=1S/C19H21N3O5S/c1-19(2,3)21-28(26,27)17-9-5-7-15(13-17)20-18(23)11-10-14-6-4-8-16(12-14)22(24)25/h4-13,21H,1-3H3,(H,20,23)/b11-10+. The van der Waals surface area contributed by atoms with Crippen LogP contribution in [0, 0.1) is 10.1 Å². The highest BCUT2D eigenvalue weighted by Crippen LogP contribution is 2.18. The molecular formula is C19H21N3O5S. The van der Waals surface area contributed by atoms with Gasteiger partial charge in [-0.3, -0.25) is 14.9 Å². The molecule has 0 heterocycles. The van der Waals surface area contributed by atoms with Crippen molar-refractivity contribution in [3.8, 4) is 0 Å². The normalized spacial score (nSPS) is 12.1. The van der Waals surface area contributed by atoms with E-state index >= 15 is 0 Å². The molecule has 2 aromatic carbocycles. The molecule has 0 saturated carbocycles. The molecule has 0 fully saturated rings. The molecule has 2 aromatic rings. The summed E-state index contributed by atoms with van der Waals surface area (Å²) in [6, 6.07) is 11.7. The summed E-state index contributed by atoms with van der Waals surface area (Å²) in [7, 11) is -3.73. The number of nitrogens with one attached hydrogen (secondary N) is 2. The molecule has 0 spiro atoms. The van der Waals surface area contributed by atoms with Crippen LogP contribution in [0.5, 0.6) is 0 Å². The molecule has 0 atom stereocenters. The molecule has 0 saturated heterocycles. The number of hydrogen-bond acceptors (Lipinski definition) is 5. The lowest BCUT2D eigenvalue weighted by atomic mass is 10.1. The van der Waals surface area contributed by atoms with E-state index in [1.807, 2.05) is 0 Å². The van der Waals surface area contributed by atoms with Crippen molar-refractivity contribution in [1.82, 2.24) is 4.72 Å². The fourth-order valence-corrected chi connectivity index (χ4v) is 3.76. The molecule has 2 rings (SSSR count). The molecule has 8 nitrogen and oxygen atoms in total. The van der Waals surface area contributed by atoms with Crippen LogP contribution in [0.1, 0.15) is 26.3 Å². The maximum absolute atomic E-state index is 12.4. The molecule has 148 valence electrons. The van der Waals surface area contributed by atoms with Gasteiger partial charge in [0, 0.05) is 29.4 Å². The molecule has 1 amide bonds. The number of amides is 1. The number of sulfonamides is 1. The van der Waals surface area contributed by atoms with Gasteiger partial charge in [0.15, 0.2) is 0 Å². The SMILES string of the molecule is CC(C)(C)NS(=O)(=O)c1cccc(NC(=O)/C=C/c2cccc([N+](=O)[O-])c2)c1. The largest absolute Gasteiger partial charge is 0.322 e. The van der Waals surface area contributed by atoms with Crippen LogP contribution in [-0.4, -0.2) is 24.8 Å². The van der Waals surface area contributed by atoms with Crippen molar-refractivity contribution in [3.63, 3.8) is 0 Å². The van der Waals surface area contributed by atoms with E-state index in [1.54, 1.807) is 32.9 Å². The average Bonchev–Trinajstić information content (AvgIpc) is 2.58. The lowest BCUT2D eigenvalue weighted by Gasteiger charge is -2.20. The number of benzene rings is 2. The molecule has 0 aliphatic rings. The van der Waals surface area contributed by atoms with Gasteiger partial charge >= 0.3 is 0 Å². The summed E-state index contributed by atoms with van der Waals surface area (Å²) < 4.78 is 27.3. The predicted molar refractivity (Wildman–Crippen MR) is 107 cm³/mol.